The summed E-state index contributed by atoms with van der Waals surface area (Å²) in [4.78, 5) is 8.98. The minimum atomic E-state index is 0. The van der Waals surface area contributed by atoms with Crippen molar-refractivity contribution in [2.45, 2.75) is 33.9 Å². The van der Waals surface area contributed by atoms with Crippen LogP contribution in [0.25, 0.3) is 0 Å². The number of rotatable bonds is 9. The van der Waals surface area contributed by atoms with Gasteiger partial charge in [-0.1, -0.05) is 29.8 Å². The average Bonchev–Trinajstić information content (AvgIpc) is 2.66. The van der Waals surface area contributed by atoms with E-state index in [1.807, 2.05) is 12.1 Å². The number of nitrogens with one attached hydrogen (secondary N) is 2. The fraction of sp³-hybridized carbons (Fsp3) is 0.429. The van der Waals surface area contributed by atoms with Crippen molar-refractivity contribution in [3.63, 3.8) is 0 Å². The van der Waals surface area contributed by atoms with Crippen molar-refractivity contribution in [1.82, 2.24) is 15.6 Å². The third kappa shape index (κ3) is 8.02. The van der Waals surface area contributed by atoms with Gasteiger partial charge in [0.05, 0.1) is 13.2 Å². The predicted octanol–water partition coefficient (Wildman–Crippen LogP) is 3.60. The summed E-state index contributed by atoms with van der Waals surface area (Å²) >= 11 is 0. The van der Waals surface area contributed by atoms with Gasteiger partial charge in [-0.3, -0.25) is 0 Å². The van der Waals surface area contributed by atoms with Gasteiger partial charge in [-0.05, 0) is 38.0 Å². The van der Waals surface area contributed by atoms with Gasteiger partial charge in [0.1, 0.15) is 6.61 Å². The SMILES string of the molecule is CCNC(=NCc1cccnc1OCCOC)NCc1ccc(C)cc1C.I. The van der Waals surface area contributed by atoms with Crippen LogP contribution in [0.3, 0.4) is 0 Å². The van der Waals surface area contributed by atoms with Crippen LogP contribution >= 0.6 is 24.0 Å². The second-order valence-electron chi connectivity index (χ2n) is 6.29. The van der Waals surface area contributed by atoms with Crippen molar-refractivity contribution in [1.29, 1.82) is 0 Å². The smallest absolute Gasteiger partial charge is 0.218 e. The second-order valence-corrected chi connectivity index (χ2v) is 6.29. The summed E-state index contributed by atoms with van der Waals surface area (Å²) in [5, 5.41) is 6.68. The summed E-state index contributed by atoms with van der Waals surface area (Å²) < 4.78 is 10.7. The summed E-state index contributed by atoms with van der Waals surface area (Å²) in [6, 6.07) is 10.4. The second kappa shape index (κ2) is 13.3. The van der Waals surface area contributed by atoms with Gasteiger partial charge < -0.3 is 20.1 Å². The van der Waals surface area contributed by atoms with Crippen LogP contribution in [0.4, 0.5) is 0 Å². The van der Waals surface area contributed by atoms with E-state index in [1.165, 1.54) is 16.7 Å². The van der Waals surface area contributed by atoms with E-state index >= 15 is 0 Å². The molecular weight excluding hydrogens is 467 g/mol. The molecule has 0 aliphatic heterocycles. The highest BCUT2D eigenvalue weighted by Crippen LogP contribution is 2.15. The first-order chi connectivity index (χ1) is 13.1. The van der Waals surface area contributed by atoms with Crippen LogP contribution < -0.4 is 15.4 Å². The van der Waals surface area contributed by atoms with E-state index in [0.29, 0.717) is 25.6 Å². The van der Waals surface area contributed by atoms with Crippen LogP contribution in [0.1, 0.15) is 29.2 Å². The highest BCUT2D eigenvalue weighted by Gasteiger charge is 2.06. The Morgan fingerprint density at radius 2 is 1.93 bits per heavy atom. The zero-order valence-corrected chi connectivity index (χ0v) is 19.4. The molecular formula is C21H31IN4O2. The van der Waals surface area contributed by atoms with Gasteiger partial charge in [0.15, 0.2) is 5.96 Å². The molecule has 1 heterocycles. The molecule has 0 atom stereocenters. The van der Waals surface area contributed by atoms with Crippen molar-refractivity contribution in [3.8, 4) is 5.88 Å². The van der Waals surface area contributed by atoms with Crippen LogP contribution in [0.5, 0.6) is 5.88 Å². The number of benzene rings is 1. The zero-order valence-electron chi connectivity index (χ0n) is 17.1. The Bertz CT molecular complexity index is 753. The lowest BCUT2D eigenvalue weighted by molar-refractivity contribution is 0.143. The highest BCUT2D eigenvalue weighted by molar-refractivity contribution is 14.0. The lowest BCUT2D eigenvalue weighted by atomic mass is 10.1. The topological polar surface area (TPSA) is 67.8 Å². The van der Waals surface area contributed by atoms with E-state index in [0.717, 1.165) is 24.6 Å². The number of guanidine groups is 1. The molecule has 1 aromatic heterocycles. The van der Waals surface area contributed by atoms with Crippen LogP contribution in [-0.2, 0) is 17.8 Å². The van der Waals surface area contributed by atoms with Crippen molar-refractivity contribution in [3.05, 3.63) is 58.8 Å². The first-order valence-corrected chi connectivity index (χ1v) is 9.28. The predicted molar refractivity (Wildman–Crippen MR) is 125 cm³/mol. The average molecular weight is 498 g/mol. The third-order valence-corrected chi connectivity index (χ3v) is 4.07. The Labute approximate surface area is 185 Å². The van der Waals surface area contributed by atoms with E-state index in [9.17, 15) is 0 Å². The molecule has 0 saturated carbocycles. The number of methoxy groups -OCH3 is 1. The van der Waals surface area contributed by atoms with E-state index < -0.39 is 0 Å². The van der Waals surface area contributed by atoms with Crippen molar-refractivity contribution < 1.29 is 9.47 Å². The Hall–Kier alpha value is -1.87. The van der Waals surface area contributed by atoms with Gasteiger partial charge >= 0.3 is 0 Å². The molecule has 0 amide bonds. The molecule has 154 valence electrons. The van der Waals surface area contributed by atoms with Gasteiger partial charge in [0.25, 0.3) is 0 Å². The van der Waals surface area contributed by atoms with Crippen LogP contribution in [0.15, 0.2) is 41.5 Å². The summed E-state index contributed by atoms with van der Waals surface area (Å²) in [7, 11) is 1.65. The largest absolute Gasteiger partial charge is 0.475 e. The van der Waals surface area contributed by atoms with E-state index in [2.05, 4.69) is 59.6 Å². The number of halogens is 1. The number of hydrogen-bond acceptors (Lipinski definition) is 4. The first-order valence-electron chi connectivity index (χ1n) is 9.28. The molecule has 0 spiro atoms. The fourth-order valence-corrected chi connectivity index (χ4v) is 2.63. The molecule has 2 rings (SSSR count). The lowest BCUT2D eigenvalue weighted by Gasteiger charge is -2.14. The summed E-state index contributed by atoms with van der Waals surface area (Å²) in [5.74, 6) is 1.37. The Morgan fingerprint density at radius 1 is 1.11 bits per heavy atom. The molecule has 6 nitrogen and oxygen atoms in total. The molecule has 0 bridgehead atoms. The zero-order chi connectivity index (χ0) is 19.5. The lowest BCUT2D eigenvalue weighted by Crippen LogP contribution is -2.37. The van der Waals surface area contributed by atoms with Gasteiger partial charge in [-0.15, -0.1) is 24.0 Å². The van der Waals surface area contributed by atoms with E-state index in [-0.39, 0.29) is 24.0 Å². The summed E-state index contributed by atoms with van der Waals surface area (Å²) in [6.07, 6.45) is 1.72. The molecule has 2 N–H and O–H groups in total. The van der Waals surface area contributed by atoms with Crippen LogP contribution in [0.2, 0.25) is 0 Å². The molecule has 1 aromatic carbocycles. The van der Waals surface area contributed by atoms with Crippen molar-refractivity contribution >= 4 is 29.9 Å². The number of ether oxygens (including phenoxy) is 2. The number of nitrogens with zero attached hydrogens (tertiary/aromatic N) is 2. The normalized spacial score (nSPS) is 10.9. The molecule has 0 fully saturated rings. The molecule has 0 radical (unpaired) electrons. The number of pyridine rings is 1. The molecule has 28 heavy (non-hydrogen) atoms. The Kier molecular flexibility index (Phi) is 11.5. The minimum Gasteiger partial charge on any atom is -0.475 e. The molecule has 0 aliphatic carbocycles. The third-order valence-electron chi connectivity index (χ3n) is 4.07. The van der Waals surface area contributed by atoms with E-state index in [1.54, 1.807) is 13.3 Å². The number of aromatic nitrogens is 1. The maximum Gasteiger partial charge on any atom is 0.218 e. The summed E-state index contributed by atoms with van der Waals surface area (Å²) in [5.41, 5.74) is 4.75. The van der Waals surface area contributed by atoms with Gasteiger partial charge in [0, 0.05) is 32.0 Å². The van der Waals surface area contributed by atoms with Gasteiger partial charge in [-0.25, -0.2) is 9.98 Å². The first kappa shape index (κ1) is 24.2. The van der Waals surface area contributed by atoms with Crippen LogP contribution in [0, 0.1) is 13.8 Å². The summed E-state index contributed by atoms with van der Waals surface area (Å²) in [6.45, 7) is 9.29. The standard InChI is InChI=1S/C21H30N4O2.HI/c1-5-22-21(24-14-18-9-8-16(2)13-17(18)3)25-15-19-7-6-10-23-20(19)27-12-11-26-4;/h6-10,13H,5,11-12,14-15H2,1-4H3,(H2,22,24,25);1H. The van der Waals surface area contributed by atoms with Crippen LogP contribution in [-0.4, -0.2) is 37.8 Å². The van der Waals surface area contributed by atoms with Crippen molar-refractivity contribution in [2.24, 2.45) is 4.99 Å². The molecule has 0 aliphatic rings. The highest BCUT2D eigenvalue weighted by atomic mass is 127. The Morgan fingerprint density at radius 3 is 2.64 bits per heavy atom. The van der Waals surface area contributed by atoms with E-state index in [4.69, 9.17) is 9.47 Å². The molecule has 0 unspecified atom stereocenters. The molecule has 0 saturated heterocycles. The minimum absolute atomic E-state index is 0. The fourth-order valence-electron chi connectivity index (χ4n) is 2.63. The quantitative estimate of drug-likeness (QED) is 0.240. The Balaban J connectivity index is 0.00000392. The molecule has 7 heteroatoms. The maximum absolute atomic E-state index is 5.68. The number of hydrogen-bond donors (Lipinski definition) is 2. The van der Waals surface area contributed by atoms with Gasteiger partial charge in [0.2, 0.25) is 5.88 Å². The number of aliphatic imine (C=N–C) groups is 1. The van der Waals surface area contributed by atoms with Crippen molar-refractivity contribution in [2.75, 3.05) is 26.9 Å². The number of aryl methyl sites for hydroxylation is 2. The monoisotopic (exact) mass is 498 g/mol. The molecule has 2 aromatic rings. The van der Waals surface area contributed by atoms with Gasteiger partial charge in [-0.2, -0.15) is 0 Å². The maximum atomic E-state index is 5.68.